The van der Waals surface area contributed by atoms with Crippen LogP contribution < -0.4 is 0 Å². The van der Waals surface area contributed by atoms with Crippen LogP contribution in [-0.4, -0.2) is 57.2 Å². The minimum atomic E-state index is -1.05. The van der Waals surface area contributed by atoms with Gasteiger partial charge in [-0.1, -0.05) is 0 Å². The zero-order valence-electron chi connectivity index (χ0n) is 14.3. The summed E-state index contributed by atoms with van der Waals surface area (Å²) in [6.45, 7) is 1.50. The van der Waals surface area contributed by atoms with Gasteiger partial charge in [-0.2, -0.15) is 0 Å². The fourth-order valence-corrected chi connectivity index (χ4v) is 3.82. The van der Waals surface area contributed by atoms with Crippen molar-refractivity contribution < 1.29 is 18.4 Å². The number of benzene rings is 1. The van der Waals surface area contributed by atoms with E-state index in [2.05, 4.69) is 4.98 Å². The minimum absolute atomic E-state index is 0.0410. The van der Waals surface area contributed by atoms with Gasteiger partial charge in [-0.15, -0.1) is 11.3 Å². The Kier molecular flexibility index (Phi) is 4.61. The molecular weight excluding hydrogens is 374 g/mol. The molecule has 9 heteroatoms. The molecule has 0 atom stereocenters. The number of hydrogen-bond acceptors (Lipinski definition) is 4. The molecule has 1 fully saturated rings. The third-order valence-corrected chi connectivity index (χ3v) is 5.33. The first-order valence-corrected chi connectivity index (χ1v) is 9.32. The van der Waals surface area contributed by atoms with Crippen molar-refractivity contribution in [2.45, 2.75) is 6.42 Å². The van der Waals surface area contributed by atoms with Crippen LogP contribution in [0.15, 0.2) is 36.0 Å². The number of rotatable bonds is 3. The molecular formula is C18H16F2N4O2S. The number of nitrogens with zero attached hydrogens (tertiary/aromatic N) is 4. The molecule has 27 heavy (non-hydrogen) atoms. The number of fused-ring (bicyclic) bond motifs is 1. The third kappa shape index (κ3) is 3.55. The van der Waals surface area contributed by atoms with Gasteiger partial charge < -0.3 is 9.80 Å². The molecule has 3 heterocycles. The van der Waals surface area contributed by atoms with Crippen molar-refractivity contribution in [3.8, 4) is 0 Å². The average molecular weight is 390 g/mol. The standard InChI is InChI=1S/C18H16F2N4O2S/c19-14-2-1-12(9-15(14)20)17(26)23-5-3-22(4-6-23)16(25)10-13-11-24-7-8-27-18(24)21-13/h1-2,7-9,11H,3-6,10H2. The van der Waals surface area contributed by atoms with E-state index >= 15 is 0 Å². The van der Waals surface area contributed by atoms with Crippen molar-refractivity contribution in [1.29, 1.82) is 0 Å². The second-order valence-electron chi connectivity index (χ2n) is 6.30. The molecule has 0 spiro atoms. The molecule has 2 amide bonds. The van der Waals surface area contributed by atoms with Gasteiger partial charge in [0.2, 0.25) is 5.91 Å². The van der Waals surface area contributed by atoms with Gasteiger partial charge in [-0.3, -0.25) is 14.0 Å². The molecule has 0 saturated carbocycles. The maximum Gasteiger partial charge on any atom is 0.254 e. The molecule has 0 radical (unpaired) electrons. The highest BCUT2D eigenvalue weighted by molar-refractivity contribution is 7.15. The molecule has 0 N–H and O–H groups in total. The van der Waals surface area contributed by atoms with Crippen LogP contribution >= 0.6 is 11.3 Å². The van der Waals surface area contributed by atoms with Gasteiger partial charge in [0.25, 0.3) is 5.91 Å². The Balaban J connectivity index is 1.35. The van der Waals surface area contributed by atoms with Crippen LogP contribution in [0.2, 0.25) is 0 Å². The lowest BCUT2D eigenvalue weighted by molar-refractivity contribution is -0.132. The Morgan fingerprint density at radius 2 is 1.81 bits per heavy atom. The van der Waals surface area contributed by atoms with E-state index in [-0.39, 0.29) is 23.8 Å². The van der Waals surface area contributed by atoms with E-state index in [0.717, 1.165) is 17.1 Å². The van der Waals surface area contributed by atoms with Crippen LogP contribution in [0.5, 0.6) is 0 Å². The molecule has 0 unspecified atom stereocenters. The first kappa shape index (κ1) is 17.6. The summed E-state index contributed by atoms with van der Waals surface area (Å²) in [5.74, 6) is -2.44. The first-order valence-electron chi connectivity index (χ1n) is 8.44. The summed E-state index contributed by atoms with van der Waals surface area (Å²) < 4.78 is 28.2. The van der Waals surface area contributed by atoms with Gasteiger partial charge >= 0.3 is 0 Å². The number of hydrogen-bond donors (Lipinski definition) is 0. The maximum absolute atomic E-state index is 13.3. The van der Waals surface area contributed by atoms with E-state index in [1.54, 1.807) is 9.80 Å². The van der Waals surface area contributed by atoms with E-state index in [1.165, 1.54) is 17.4 Å². The molecule has 1 aliphatic rings. The molecule has 0 aliphatic carbocycles. The van der Waals surface area contributed by atoms with Gasteiger partial charge in [-0.25, -0.2) is 13.8 Å². The summed E-state index contributed by atoms with van der Waals surface area (Å²) in [4.78, 5) is 33.4. The highest BCUT2D eigenvalue weighted by Crippen LogP contribution is 2.15. The second-order valence-corrected chi connectivity index (χ2v) is 7.18. The Morgan fingerprint density at radius 3 is 2.52 bits per heavy atom. The van der Waals surface area contributed by atoms with E-state index < -0.39 is 11.6 Å². The molecule has 1 aliphatic heterocycles. The van der Waals surface area contributed by atoms with Crippen LogP contribution in [0.4, 0.5) is 8.78 Å². The smallest absolute Gasteiger partial charge is 0.254 e. The summed E-state index contributed by atoms with van der Waals surface area (Å²) in [6, 6.07) is 3.11. The topological polar surface area (TPSA) is 57.9 Å². The number of carbonyl (C=O) groups excluding carboxylic acids is 2. The Morgan fingerprint density at radius 1 is 1.07 bits per heavy atom. The van der Waals surface area contributed by atoms with Crippen LogP contribution in [0.3, 0.4) is 0 Å². The van der Waals surface area contributed by atoms with Gasteiger partial charge in [0, 0.05) is 49.5 Å². The van der Waals surface area contributed by atoms with Gasteiger partial charge in [0.1, 0.15) is 0 Å². The minimum Gasteiger partial charge on any atom is -0.339 e. The normalized spacial score (nSPS) is 14.7. The SMILES string of the molecule is O=C(Cc1cn2ccsc2n1)N1CCN(C(=O)c2ccc(F)c(F)c2)CC1. The van der Waals surface area contributed by atoms with E-state index in [9.17, 15) is 18.4 Å². The number of thiazole rings is 1. The lowest BCUT2D eigenvalue weighted by Crippen LogP contribution is -2.51. The summed E-state index contributed by atoms with van der Waals surface area (Å²) in [7, 11) is 0. The predicted octanol–water partition coefficient (Wildman–Crippen LogP) is 2.20. The first-order chi connectivity index (χ1) is 13.0. The fraction of sp³-hybridized carbons (Fsp3) is 0.278. The molecule has 2 aromatic heterocycles. The van der Waals surface area contributed by atoms with E-state index in [4.69, 9.17) is 0 Å². The van der Waals surface area contributed by atoms with Crippen molar-refractivity contribution in [1.82, 2.24) is 19.2 Å². The molecule has 6 nitrogen and oxygen atoms in total. The van der Waals surface area contributed by atoms with Crippen LogP contribution in [0.1, 0.15) is 16.1 Å². The Bertz CT molecular complexity index is 979. The van der Waals surface area contributed by atoms with Gasteiger partial charge in [-0.05, 0) is 18.2 Å². The number of carbonyl (C=O) groups is 2. The van der Waals surface area contributed by atoms with Crippen molar-refractivity contribution in [2.75, 3.05) is 26.2 Å². The largest absolute Gasteiger partial charge is 0.339 e. The van der Waals surface area contributed by atoms with E-state index in [1.807, 2.05) is 22.2 Å². The molecule has 3 aromatic rings. The Hall–Kier alpha value is -2.81. The molecule has 1 aromatic carbocycles. The summed E-state index contributed by atoms with van der Waals surface area (Å²) in [6.07, 6.45) is 3.95. The number of aromatic nitrogens is 2. The van der Waals surface area contributed by atoms with Crippen LogP contribution in [0, 0.1) is 11.6 Å². The van der Waals surface area contributed by atoms with Crippen molar-refractivity contribution in [3.05, 3.63) is 58.9 Å². The van der Waals surface area contributed by atoms with Crippen molar-refractivity contribution in [2.24, 2.45) is 0 Å². The molecule has 140 valence electrons. The highest BCUT2D eigenvalue weighted by atomic mass is 32.1. The maximum atomic E-state index is 13.3. The second kappa shape index (κ2) is 7.07. The van der Waals surface area contributed by atoms with Crippen LogP contribution in [-0.2, 0) is 11.2 Å². The van der Waals surface area contributed by atoms with Gasteiger partial charge in [0.05, 0.1) is 12.1 Å². The number of imidazole rings is 1. The fourth-order valence-electron chi connectivity index (χ4n) is 3.10. The van der Waals surface area contributed by atoms with Crippen molar-refractivity contribution in [3.63, 3.8) is 0 Å². The van der Waals surface area contributed by atoms with Crippen molar-refractivity contribution >= 4 is 28.1 Å². The summed E-state index contributed by atoms with van der Waals surface area (Å²) >= 11 is 1.51. The summed E-state index contributed by atoms with van der Waals surface area (Å²) in [5.41, 5.74) is 0.818. The lowest BCUT2D eigenvalue weighted by atomic mass is 10.1. The average Bonchev–Trinajstić information content (AvgIpc) is 3.25. The zero-order valence-corrected chi connectivity index (χ0v) is 15.1. The molecule has 4 rings (SSSR count). The molecule has 0 bridgehead atoms. The Labute approximate surface area is 157 Å². The lowest BCUT2D eigenvalue weighted by Gasteiger charge is -2.34. The van der Waals surface area contributed by atoms with E-state index in [0.29, 0.717) is 31.9 Å². The third-order valence-electron chi connectivity index (χ3n) is 4.56. The monoisotopic (exact) mass is 390 g/mol. The number of amides is 2. The van der Waals surface area contributed by atoms with Crippen LogP contribution in [0.25, 0.3) is 4.96 Å². The quantitative estimate of drug-likeness (QED) is 0.689. The zero-order chi connectivity index (χ0) is 19.0. The number of piperazine rings is 1. The molecule has 1 saturated heterocycles. The predicted molar refractivity (Wildman–Crippen MR) is 95.6 cm³/mol. The highest BCUT2D eigenvalue weighted by Gasteiger charge is 2.25. The number of halogens is 2. The van der Waals surface area contributed by atoms with Gasteiger partial charge in [0.15, 0.2) is 16.6 Å². The summed E-state index contributed by atoms with van der Waals surface area (Å²) in [5, 5.41) is 1.93.